The van der Waals surface area contributed by atoms with Gasteiger partial charge in [-0.25, -0.2) is 4.98 Å². The van der Waals surface area contributed by atoms with E-state index in [-0.39, 0.29) is 11.8 Å². The molecule has 0 saturated carbocycles. The van der Waals surface area contributed by atoms with Crippen molar-refractivity contribution >= 4 is 28.3 Å². The number of rotatable bonds is 5. The first kappa shape index (κ1) is 18.3. The zero-order chi connectivity index (χ0) is 18.8. The highest BCUT2D eigenvalue weighted by Gasteiger charge is 2.27. The van der Waals surface area contributed by atoms with E-state index in [0.717, 1.165) is 12.2 Å². The summed E-state index contributed by atoms with van der Waals surface area (Å²) in [5.41, 5.74) is 7.57. The largest absolute Gasteiger partial charge is 0.375 e. The molecule has 10 heteroatoms. The van der Waals surface area contributed by atoms with Gasteiger partial charge in [0.05, 0.1) is 24.5 Å². The first-order chi connectivity index (χ1) is 12.3. The average molecular weight is 377 g/mol. The van der Waals surface area contributed by atoms with Crippen LogP contribution in [0.15, 0.2) is 6.07 Å². The molecule has 1 aliphatic rings. The van der Waals surface area contributed by atoms with E-state index in [2.05, 4.69) is 15.4 Å². The zero-order valence-electron chi connectivity index (χ0n) is 15.2. The fourth-order valence-corrected chi connectivity index (χ4v) is 3.60. The first-order valence-corrected chi connectivity index (χ1v) is 9.18. The van der Waals surface area contributed by atoms with Crippen LogP contribution in [0.1, 0.15) is 31.5 Å². The van der Waals surface area contributed by atoms with Crippen molar-refractivity contribution in [3.63, 3.8) is 0 Å². The van der Waals surface area contributed by atoms with Crippen LogP contribution < -0.4 is 11.1 Å². The van der Waals surface area contributed by atoms with Crippen molar-refractivity contribution in [2.24, 2.45) is 0 Å². The van der Waals surface area contributed by atoms with Gasteiger partial charge < -0.3 is 20.9 Å². The summed E-state index contributed by atoms with van der Waals surface area (Å²) >= 11 is 1.20. The molecule has 3 heterocycles. The molecule has 140 valence electrons. The molecule has 0 aromatic carbocycles. The Bertz CT molecular complexity index is 827. The van der Waals surface area contributed by atoms with Crippen LogP contribution in [0.4, 0.5) is 5.13 Å². The summed E-state index contributed by atoms with van der Waals surface area (Å²) in [7, 11) is 3.90. The lowest BCUT2D eigenvalue weighted by atomic mass is 10.2. The van der Waals surface area contributed by atoms with Gasteiger partial charge in [0, 0.05) is 19.6 Å². The van der Waals surface area contributed by atoms with Gasteiger partial charge in [-0.3, -0.25) is 14.3 Å². The number of likely N-dealkylation sites (N-methyl/N-ethyl adjacent to an activating group) is 1. The van der Waals surface area contributed by atoms with Gasteiger partial charge in [0.2, 0.25) is 0 Å². The Balaban J connectivity index is 1.67. The van der Waals surface area contributed by atoms with Gasteiger partial charge >= 0.3 is 0 Å². The molecule has 3 rings (SSSR count). The topological polar surface area (TPSA) is 109 Å². The first-order valence-electron chi connectivity index (χ1n) is 8.37. The number of nitrogens with two attached hydrogens (primary N) is 1. The minimum Gasteiger partial charge on any atom is -0.375 e. The maximum Gasteiger partial charge on any atom is 0.271 e. The van der Waals surface area contributed by atoms with Gasteiger partial charge in [-0.05, 0) is 27.1 Å². The lowest BCUT2D eigenvalue weighted by Crippen LogP contribution is -2.38. The molecule has 2 aromatic rings. The molecule has 3 N–H and O–H groups in total. The highest BCUT2D eigenvalue weighted by atomic mass is 32.1. The van der Waals surface area contributed by atoms with E-state index >= 15 is 0 Å². The third kappa shape index (κ3) is 3.86. The normalized spacial score (nSPS) is 13.8. The number of fused-ring (bicyclic) bond motifs is 1. The number of hydrogen-bond acceptors (Lipinski definition) is 7. The Morgan fingerprint density at radius 2 is 2.15 bits per heavy atom. The molecule has 1 aliphatic heterocycles. The van der Waals surface area contributed by atoms with Crippen molar-refractivity contribution in [3.05, 3.63) is 28.0 Å². The lowest BCUT2D eigenvalue weighted by Gasteiger charge is -2.27. The molecular formula is C16H23N7O2S. The SMILES string of the molecule is Cc1nc(N)sc1C(=O)N1CCn2nc(C(=O)NCCN(C)C)cc2C1. The summed E-state index contributed by atoms with van der Waals surface area (Å²) in [4.78, 5) is 33.4. The van der Waals surface area contributed by atoms with E-state index in [1.165, 1.54) is 11.3 Å². The van der Waals surface area contributed by atoms with Gasteiger partial charge in [0.25, 0.3) is 11.8 Å². The van der Waals surface area contributed by atoms with Crippen molar-refractivity contribution in [1.29, 1.82) is 0 Å². The van der Waals surface area contributed by atoms with Crippen LogP contribution in [0.2, 0.25) is 0 Å². The van der Waals surface area contributed by atoms with Gasteiger partial charge in [-0.15, -0.1) is 0 Å². The van der Waals surface area contributed by atoms with E-state index in [9.17, 15) is 9.59 Å². The molecule has 0 saturated heterocycles. The molecule has 26 heavy (non-hydrogen) atoms. The minimum absolute atomic E-state index is 0.0823. The highest BCUT2D eigenvalue weighted by molar-refractivity contribution is 7.17. The van der Waals surface area contributed by atoms with E-state index in [1.807, 2.05) is 19.0 Å². The minimum atomic E-state index is -0.197. The number of carbonyl (C=O) groups is 2. The summed E-state index contributed by atoms with van der Waals surface area (Å²) in [6, 6.07) is 1.75. The average Bonchev–Trinajstić information content (AvgIpc) is 3.15. The maximum atomic E-state index is 12.7. The second-order valence-corrected chi connectivity index (χ2v) is 7.53. The molecule has 0 unspecified atom stereocenters. The number of hydrogen-bond donors (Lipinski definition) is 2. The lowest BCUT2D eigenvalue weighted by molar-refractivity contribution is 0.0709. The molecule has 0 fully saturated rings. The van der Waals surface area contributed by atoms with Crippen LogP contribution in [0.3, 0.4) is 0 Å². The molecule has 0 aliphatic carbocycles. The number of amides is 2. The number of aromatic nitrogens is 3. The zero-order valence-corrected chi connectivity index (χ0v) is 16.0. The van der Waals surface area contributed by atoms with Crippen LogP contribution in [0.25, 0.3) is 0 Å². The van der Waals surface area contributed by atoms with Crippen LogP contribution in [0.5, 0.6) is 0 Å². The van der Waals surface area contributed by atoms with E-state index in [4.69, 9.17) is 5.73 Å². The maximum absolute atomic E-state index is 12.7. The Morgan fingerprint density at radius 3 is 2.81 bits per heavy atom. The fraction of sp³-hybridized carbons (Fsp3) is 0.500. The second-order valence-electron chi connectivity index (χ2n) is 6.50. The van der Waals surface area contributed by atoms with Crippen LogP contribution in [-0.2, 0) is 13.1 Å². The molecular weight excluding hydrogens is 354 g/mol. The third-order valence-electron chi connectivity index (χ3n) is 4.17. The fourth-order valence-electron chi connectivity index (χ4n) is 2.79. The predicted octanol–water partition coefficient (Wildman–Crippen LogP) is 0.178. The Hall–Kier alpha value is -2.46. The number of aryl methyl sites for hydroxylation is 1. The standard InChI is InChI=1S/C16H23N7O2S/c1-10-13(26-16(17)19-10)15(25)22-6-7-23-11(9-22)8-12(20-23)14(24)18-4-5-21(2)3/h8H,4-7,9H2,1-3H3,(H2,17,19)(H,18,24). The number of nitrogens with one attached hydrogen (secondary N) is 1. The molecule has 0 radical (unpaired) electrons. The Labute approximate surface area is 155 Å². The van der Waals surface area contributed by atoms with Crippen LogP contribution >= 0.6 is 11.3 Å². The Morgan fingerprint density at radius 1 is 1.38 bits per heavy atom. The number of anilines is 1. The van der Waals surface area contributed by atoms with E-state index in [0.29, 0.717) is 47.6 Å². The highest BCUT2D eigenvalue weighted by Crippen LogP contribution is 2.23. The smallest absolute Gasteiger partial charge is 0.271 e. The molecule has 2 aromatic heterocycles. The summed E-state index contributed by atoms with van der Waals surface area (Å²) < 4.78 is 1.79. The van der Waals surface area contributed by atoms with Crippen molar-refractivity contribution in [2.45, 2.75) is 20.0 Å². The molecule has 9 nitrogen and oxygen atoms in total. The summed E-state index contributed by atoms with van der Waals surface area (Å²) in [5, 5.41) is 7.61. The summed E-state index contributed by atoms with van der Waals surface area (Å²) in [6.45, 7) is 4.61. The molecule has 0 spiro atoms. The number of carbonyl (C=O) groups excluding carboxylic acids is 2. The number of nitrogens with zero attached hydrogens (tertiary/aromatic N) is 5. The van der Waals surface area contributed by atoms with Gasteiger partial charge in [-0.1, -0.05) is 11.3 Å². The third-order valence-corrected chi connectivity index (χ3v) is 5.14. The van der Waals surface area contributed by atoms with Crippen molar-refractivity contribution in [3.8, 4) is 0 Å². The van der Waals surface area contributed by atoms with E-state index < -0.39 is 0 Å². The summed E-state index contributed by atoms with van der Waals surface area (Å²) in [6.07, 6.45) is 0. The molecule has 0 bridgehead atoms. The van der Waals surface area contributed by atoms with Crippen molar-refractivity contribution < 1.29 is 9.59 Å². The number of nitrogen functional groups attached to an aromatic ring is 1. The quantitative estimate of drug-likeness (QED) is 0.769. The van der Waals surface area contributed by atoms with Gasteiger partial charge in [0.15, 0.2) is 10.8 Å². The number of thiazole rings is 1. The second kappa shape index (κ2) is 7.42. The van der Waals surface area contributed by atoms with Gasteiger partial charge in [0.1, 0.15) is 4.88 Å². The van der Waals surface area contributed by atoms with Crippen LogP contribution in [-0.4, -0.2) is 70.1 Å². The van der Waals surface area contributed by atoms with E-state index in [1.54, 1.807) is 22.6 Å². The Kier molecular flexibility index (Phi) is 5.23. The molecule has 0 atom stereocenters. The monoisotopic (exact) mass is 377 g/mol. The summed E-state index contributed by atoms with van der Waals surface area (Å²) in [5.74, 6) is -0.279. The van der Waals surface area contributed by atoms with Crippen molar-refractivity contribution in [2.75, 3.05) is 39.5 Å². The van der Waals surface area contributed by atoms with Crippen LogP contribution in [0, 0.1) is 6.92 Å². The van der Waals surface area contributed by atoms with Gasteiger partial charge in [-0.2, -0.15) is 5.10 Å². The van der Waals surface area contributed by atoms with Crippen molar-refractivity contribution in [1.82, 2.24) is 29.9 Å². The predicted molar refractivity (Wildman–Crippen MR) is 99.1 cm³/mol. The molecule has 2 amide bonds.